The lowest BCUT2D eigenvalue weighted by Gasteiger charge is -2.30. The molecule has 3 heterocycles. The number of aliphatic hydroxyl groups is 2. The van der Waals surface area contributed by atoms with Gasteiger partial charge in [-0.1, -0.05) is 12.1 Å². The third kappa shape index (κ3) is 3.62. The highest BCUT2D eigenvalue weighted by atomic mass is 79.9. The Balaban J connectivity index is 1.41. The maximum absolute atomic E-state index is 14.5. The number of hydrogen-bond acceptors (Lipinski definition) is 7. The molecule has 0 bridgehead atoms. The molecule has 4 atom stereocenters. The van der Waals surface area contributed by atoms with Gasteiger partial charge in [0.2, 0.25) is 0 Å². The maximum Gasteiger partial charge on any atom is 0.145 e. The molecule has 0 amide bonds. The van der Waals surface area contributed by atoms with Crippen molar-refractivity contribution in [3.05, 3.63) is 52.9 Å². The SMILES string of the molecule is Nc1nc2cc(CCC3(CF)C[C@@H](n4ccc5c(N)ncnc54)[C@H](O)[C@@H]3O)ccc2cc1Br. The predicted octanol–water partition coefficient (Wildman–Crippen LogP) is 3.16. The quantitative estimate of drug-likeness (QED) is 0.321. The van der Waals surface area contributed by atoms with Gasteiger partial charge in [-0.2, -0.15) is 0 Å². The summed E-state index contributed by atoms with van der Waals surface area (Å²) >= 11 is 3.38. The van der Waals surface area contributed by atoms with Crippen molar-refractivity contribution in [2.75, 3.05) is 18.1 Å². The first-order valence-corrected chi connectivity index (χ1v) is 11.5. The molecule has 1 aromatic carbocycles. The topological polar surface area (TPSA) is 136 Å². The van der Waals surface area contributed by atoms with Crippen LogP contribution in [0.2, 0.25) is 0 Å². The van der Waals surface area contributed by atoms with Crippen LogP contribution in [0.4, 0.5) is 16.0 Å². The smallest absolute Gasteiger partial charge is 0.145 e. The number of anilines is 2. The van der Waals surface area contributed by atoms with E-state index in [1.54, 1.807) is 16.8 Å². The molecular formula is C23H24BrFN6O2. The van der Waals surface area contributed by atoms with E-state index in [0.29, 0.717) is 35.5 Å². The first-order valence-electron chi connectivity index (χ1n) is 10.7. The van der Waals surface area contributed by atoms with Gasteiger partial charge in [-0.15, -0.1) is 0 Å². The number of aliphatic hydroxyl groups excluding tert-OH is 2. The highest BCUT2D eigenvalue weighted by Crippen LogP contribution is 2.48. The zero-order chi connectivity index (χ0) is 23.3. The number of benzene rings is 1. The van der Waals surface area contributed by atoms with Crippen LogP contribution in [-0.4, -0.2) is 48.6 Å². The second-order valence-electron chi connectivity index (χ2n) is 8.80. The third-order valence-electron chi connectivity index (χ3n) is 6.90. The van der Waals surface area contributed by atoms with Gasteiger partial charge in [0, 0.05) is 17.0 Å². The molecule has 1 unspecified atom stereocenters. The van der Waals surface area contributed by atoms with Crippen molar-refractivity contribution in [3.8, 4) is 0 Å². The molecule has 8 nitrogen and oxygen atoms in total. The van der Waals surface area contributed by atoms with Crippen LogP contribution >= 0.6 is 15.9 Å². The number of rotatable bonds is 5. The van der Waals surface area contributed by atoms with E-state index in [2.05, 4.69) is 30.9 Å². The van der Waals surface area contributed by atoms with Crippen LogP contribution in [0.3, 0.4) is 0 Å². The molecule has 0 saturated heterocycles. The standard InChI is InChI=1S/C23H24BrFN6O2/c24-15-8-13-2-1-12(7-16(13)30-21(15)27)3-5-23(10-25)9-17(18(32)19(23)33)31-6-4-14-20(26)28-11-29-22(14)31/h1-2,4,6-8,11,17-19,32-33H,3,5,9-10H2,(H2,27,30)(H2,26,28,29)/t17-,18+,19+,23?/m1/s1. The zero-order valence-electron chi connectivity index (χ0n) is 17.7. The molecule has 10 heteroatoms. The summed E-state index contributed by atoms with van der Waals surface area (Å²) in [5.41, 5.74) is 13.0. The summed E-state index contributed by atoms with van der Waals surface area (Å²) in [6.45, 7) is -0.746. The van der Waals surface area contributed by atoms with Crippen LogP contribution in [0.5, 0.6) is 0 Å². The van der Waals surface area contributed by atoms with Gasteiger partial charge < -0.3 is 26.2 Å². The molecule has 33 heavy (non-hydrogen) atoms. The van der Waals surface area contributed by atoms with E-state index >= 15 is 0 Å². The molecule has 0 aliphatic heterocycles. The summed E-state index contributed by atoms with van der Waals surface area (Å²) in [7, 11) is 0. The van der Waals surface area contributed by atoms with Gasteiger partial charge in [-0.05, 0) is 59.0 Å². The zero-order valence-corrected chi connectivity index (χ0v) is 19.3. The lowest BCUT2D eigenvalue weighted by molar-refractivity contribution is -0.0395. The second-order valence-corrected chi connectivity index (χ2v) is 9.66. The van der Waals surface area contributed by atoms with Crippen LogP contribution in [0.1, 0.15) is 24.4 Å². The van der Waals surface area contributed by atoms with Crippen molar-refractivity contribution in [1.29, 1.82) is 0 Å². The van der Waals surface area contributed by atoms with E-state index in [9.17, 15) is 14.6 Å². The van der Waals surface area contributed by atoms with Crippen LogP contribution in [0.15, 0.2) is 47.3 Å². The van der Waals surface area contributed by atoms with Crippen molar-refractivity contribution in [2.45, 2.75) is 37.5 Å². The molecule has 6 N–H and O–H groups in total. The van der Waals surface area contributed by atoms with E-state index < -0.39 is 30.3 Å². The number of pyridine rings is 1. The number of fused-ring (bicyclic) bond motifs is 2. The Morgan fingerprint density at radius 1 is 1.15 bits per heavy atom. The average Bonchev–Trinajstić information content (AvgIpc) is 3.34. The van der Waals surface area contributed by atoms with Gasteiger partial charge in [0.05, 0.1) is 34.2 Å². The summed E-state index contributed by atoms with van der Waals surface area (Å²) in [6, 6.07) is 8.99. The van der Waals surface area contributed by atoms with Crippen LogP contribution in [0.25, 0.3) is 21.9 Å². The van der Waals surface area contributed by atoms with Crippen molar-refractivity contribution < 1.29 is 14.6 Å². The largest absolute Gasteiger partial charge is 0.390 e. The fourth-order valence-corrected chi connectivity index (χ4v) is 5.29. The van der Waals surface area contributed by atoms with E-state index in [4.69, 9.17) is 11.5 Å². The maximum atomic E-state index is 14.5. The molecule has 172 valence electrons. The van der Waals surface area contributed by atoms with Gasteiger partial charge in [0.1, 0.15) is 29.7 Å². The molecule has 3 aromatic heterocycles. The molecule has 1 saturated carbocycles. The number of aromatic nitrogens is 4. The third-order valence-corrected chi connectivity index (χ3v) is 7.53. The second kappa shape index (κ2) is 8.19. The van der Waals surface area contributed by atoms with Crippen LogP contribution in [0, 0.1) is 5.41 Å². The Labute approximate surface area is 197 Å². The first-order chi connectivity index (χ1) is 15.8. The Bertz CT molecular complexity index is 1350. The van der Waals surface area contributed by atoms with Gasteiger partial charge >= 0.3 is 0 Å². The van der Waals surface area contributed by atoms with Crippen molar-refractivity contribution in [1.82, 2.24) is 19.5 Å². The number of aryl methyl sites for hydroxylation is 1. The lowest BCUT2D eigenvalue weighted by atomic mass is 9.79. The van der Waals surface area contributed by atoms with Crippen molar-refractivity contribution in [2.24, 2.45) is 5.41 Å². The number of halogens is 2. The number of nitrogens with zero attached hydrogens (tertiary/aromatic N) is 4. The van der Waals surface area contributed by atoms with E-state index in [1.165, 1.54) is 6.33 Å². The van der Waals surface area contributed by atoms with Crippen molar-refractivity contribution in [3.63, 3.8) is 0 Å². The summed E-state index contributed by atoms with van der Waals surface area (Å²) in [6.07, 6.45) is 1.92. The first kappa shape index (κ1) is 22.0. The normalized spacial score (nSPS) is 25.3. The highest BCUT2D eigenvalue weighted by Gasteiger charge is 2.53. The molecule has 4 aromatic rings. The fraction of sp³-hybridized carbons (Fsp3) is 0.348. The Morgan fingerprint density at radius 3 is 2.76 bits per heavy atom. The Kier molecular flexibility index (Phi) is 5.46. The Morgan fingerprint density at radius 2 is 1.97 bits per heavy atom. The molecular weight excluding hydrogens is 491 g/mol. The molecule has 1 aliphatic carbocycles. The minimum atomic E-state index is -1.21. The summed E-state index contributed by atoms with van der Waals surface area (Å²) in [5, 5.41) is 23.4. The number of alkyl halides is 1. The van der Waals surface area contributed by atoms with Gasteiger partial charge in [-0.25, -0.2) is 15.0 Å². The highest BCUT2D eigenvalue weighted by molar-refractivity contribution is 9.10. The number of hydrogen-bond donors (Lipinski definition) is 4. The predicted molar refractivity (Wildman–Crippen MR) is 128 cm³/mol. The minimum absolute atomic E-state index is 0.269. The fourth-order valence-electron chi connectivity index (χ4n) is 4.95. The summed E-state index contributed by atoms with van der Waals surface area (Å²) < 4.78 is 17.0. The van der Waals surface area contributed by atoms with Gasteiger partial charge in [0.15, 0.2) is 0 Å². The number of nitrogens with two attached hydrogens (primary N) is 2. The molecule has 5 rings (SSSR count). The van der Waals surface area contributed by atoms with Gasteiger partial charge in [0.25, 0.3) is 0 Å². The lowest BCUT2D eigenvalue weighted by Crippen LogP contribution is -2.38. The summed E-state index contributed by atoms with van der Waals surface area (Å²) in [4.78, 5) is 12.7. The Hall–Kier alpha value is -2.82. The average molecular weight is 515 g/mol. The van der Waals surface area contributed by atoms with Crippen LogP contribution < -0.4 is 11.5 Å². The van der Waals surface area contributed by atoms with Gasteiger partial charge in [-0.3, -0.25) is 4.39 Å². The van der Waals surface area contributed by atoms with E-state index in [0.717, 1.165) is 20.9 Å². The monoisotopic (exact) mass is 514 g/mol. The molecule has 0 radical (unpaired) electrons. The van der Waals surface area contributed by atoms with E-state index in [-0.39, 0.29) is 6.42 Å². The van der Waals surface area contributed by atoms with E-state index in [1.807, 2.05) is 24.3 Å². The summed E-state index contributed by atoms with van der Waals surface area (Å²) in [5.74, 6) is 0.738. The molecule has 0 spiro atoms. The molecule has 1 fully saturated rings. The number of nitrogen functional groups attached to an aromatic ring is 2. The minimum Gasteiger partial charge on any atom is -0.390 e. The van der Waals surface area contributed by atoms with Crippen LogP contribution in [-0.2, 0) is 6.42 Å². The molecule has 1 aliphatic rings. The van der Waals surface area contributed by atoms with Crippen molar-refractivity contribution >= 4 is 49.5 Å².